The number of unbranched alkanes of at least 4 members (excludes halogenated alkanes) is 2. The Morgan fingerprint density at radius 1 is 1.00 bits per heavy atom. The zero-order valence-electron chi connectivity index (χ0n) is 12.5. The summed E-state index contributed by atoms with van der Waals surface area (Å²) < 4.78 is 15.0. The van der Waals surface area contributed by atoms with Crippen LogP contribution in [-0.4, -0.2) is 21.8 Å². The van der Waals surface area contributed by atoms with Crippen LogP contribution in [0.2, 0.25) is 6.55 Å². The van der Waals surface area contributed by atoms with Gasteiger partial charge in [-0.05, 0) is 82.8 Å². The van der Waals surface area contributed by atoms with Gasteiger partial charge in [0.25, 0.3) is 0 Å². The van der Waals surface area contributed by atoms with E-state index in [1.54, 1.807) is 0 Å². The molecule has 0 saturated carbocycles. The van der Waals surface area contributed by atoms with Gasteiger partial charge < -0.3 is 8.85 Å². The molecule has 0 aliphatic rings. The van der Waals surface area contributed by atoms with Crippen LogP contribution in [0.5, 0.6) is 0 Å². The van der Waals surface area contributed by atoms with Gasteiger partial charge in [0.1, 0.15) is 0 Å². The van der Waals surface area contributed by atoms with Crippen molar-refractivity contribution >= 4 is 58.9 Å². The Kier molecular flexibility index (Phi) is 9.20. The third-order valence-electron chi connectivity index (χ3n) is 3.17. The number of hydrogen-bond donors (Lipinski definition) is 0. The molecule has 5 heteroatoms. The van der Waals surface area contributed by atoms with Crippen molar-refractivity contribution < 1.29 is 8.85 Å². The molecule has 0 atom stereocenters. The summed E-state index contributed by atoms with van der Waals surface area (Å²) >= 11 is 4.76. The van der Waals surface area contributed by atoms with Gasteiger partial charge in [0, 0.05) is 25.5 Å². The molecule has 0 unspecified atom stereocenters. The van der Waals surface area contributed by atoms with Crippen molar-refractivity contribution in [2.75, 3.05) is 13.2 Å². The average Bonchev–Trinajstić information content (AvgIpc) is 2.42. The van der Waals surface area contributed by atoms with Crippen LogP contribution in [0.4, 0.5) is 0 Å². The van der Waals surface area contributed by atoms with Gasteiger partial charge in [0.15, 0.2) is 0 Å². The van der Waals surface area contributed by atoms with E-state index in [-0.39, 0.29) is 0 Å². The van der Waals surface area contributed by atoms with Crippen molar-refractivity contribution in [1.29, 1.82) is 0 Å². The predicted molar refractivity (Wildman–Crippen MR) is 105 cm³/mol. The van der Waals surface area contributed by atoms with Crippen molar-refractivity contribution in [2.24, 2.45) is 0 Å². The van der Waals surface area contributed by atoms with Gasteiger partial charge in [-0.2, -0.15) is 0 Å². The topological polar surface area (TPSA) is 18.5 Å². The largest absolute Gasteiger partial charge is 0.391 e. The zero-order valence-corrected chi connectivity index (χ0v) is 17.9. The highest BCUT2D eigenvalue weighted by Crippen LogP contribution is 2.17. The molecule has 1 aromatic carbocycles. The van der Waals surface area contributed by atoms with Crippen LogP contribution in [0.1, 0.15) is 39.5 Å². The molecule has 0 fully saturated rings. The second kappa shape index (κ2) is 9.76. The van der Waals surface area contributed by atoms with E-state index in [4.69, 9.17) is 8.85 Å². The highest BCUT2D eigenvalue weighted by Gasteiger charge is 2.36. The van der Waals surface area contributed by atoms with Gasteiger partial charge >= 0.3 is 8.56 Å². The van der Waals surface area contributed by atoms with E-state index in [1.165, 1.54) is 12.3 Å². The second-order valence-corrected chi connectivity index (χ2v) is 10.4. The normalized spacial score (nSPS) is 11.8. The lowest BCUT2D eigenvalue weighted by molar-refractivity contribution is 0.180. The van der Waals surface area contributed by atoms with Gasteiger partial charge in [-0.25, -0.2) is 0 Å². The van der Waals surface area contributed by atoms with E-state index >= 15 is 0 Å². The molecule has 114 valence electrons. The van der Waals surface area contributed by atoms with Crippen molar-refractivity contribution in [1.82, 2.24) is 0 Å². The quantitative estimate of drug-likeness (QED) is 0.266. The molecule has 1 rings (SSSR count). The van der Waals surface area contributed by atoms with Crippen LogP contribution >= 0.6 is 45.2 Å². The van der Waals surface area contributed by atoms with E-state index < -0.39 is 8.56 Å². The lowest BCUT2D eigenvalue weighted by Gasteiger charge is -2.28. The third-order valence-corrected chi connectivity index (χ3v) is 8.19. The lowest BCUT2D eigenvalue weighted by Crippen LogP contribution is -2.53. The fourth-order valence-electron chi connectivity index (χ4n) is 1.87. The van der Waals surface area contributed by atoms with Crippen LogP contribution in [0.15, 0.2) is 18.2 Å². The fraction of sp³-hybridized carbons (Fsp3) is 0.600. The minimum absolute atomic E-state index is 0.799. The summed E-state index contributed by atoms with van der Waals surface area (Å²) in [4.78, 5) is 0. The molecule has 0 heterocycles. The van der Waals surface area contributed by atoms with Crippen LogP contribution in [0.25, 0.3) is 0 Å². The Morgan fingerprint density at radius 2 is 1.55 bits per heavy atom. The lowest BCUT2D eigenvalue weighted by atomic mass is 10.4. The first-order chi connectivity index (χ1) is 9.53. The van der Waals surface area contributed by atoms with E-state index in [9.17, 15) is 0 Å². The fourth-order valence-corrected chi connectivity index (χ4v) is 6.85. The SMILES string of the molecule is CCCCO[Si](C)(OCCCC)c1cc(I)ccc1I. The summed E-state index contributed by atoms with van der Waals surface area (Å²) in [6, 6.07) is 6.53. The molecule has 20 heavy (non-hydrogen) atoms. The molecule has 0 N–H and O–H groups in total. The minimum Gasteiger partial charge on any atom is -0.391 e. The summed E-state index contributed by atoms with van der Waals surface area (Å²) in [6.45, 7) is 8.16. The summed E-state index contributed by atoms with van der Waals surface area (Å²) in [6.07, 6.45) is 4.51. The molecule has 0 spiro atoms. The maximum Gasteiger partial charge on any atom is 0.370 e. The smallest absolute Gasteiger partial charge is 0.370 e. The van der Waals surface area contributed by atoms with Crippen molar-refractivity contribution in [2.45, 2.75) is 46.1 Å². The molecule has 0 aliphatic heterocycles. The molecule has 2 nitrogen and oxygen atoms in total. The predicted octanol–water partition coefficient (Wildman–Crippen LogP) is 4.81. The summed E-state index contributed by atoms with van der Waals surface area (Å²) in [5, 5.41) is 1.28. The summed E-state index contributed by atoms with van der Waals surface area (Å²) in [5.74, 6) is 0. The molecule has 0 aliphatic carbocycles. The molecule has 0 saturated heterocycles. The Morgan fingerprint density at radius 3 is 2.05 bits per heavy atom. The first-order valence-electron chi connectivity index (χ1n) is 7.27. The summed E-state index contributed by atoms with van der Waals surface area (Å²) in [7, 11) is -2.29. The van der Waals surface area contributed by atoms with Gasteiger partial charge in [-0.15, -0.1) is 0 Å². The van der Waals surface area contributed by atoms with Crippen LogP contribution < -0.4 is 5.19 Å². The van der Waals surface area contributed by atoms with Gasteiger partial charge in [0.2, 0.25) is 0 Å². The summed E-state index contributed by atoms with van der Waals surface area (Å²) in [5.41, 5.74) is 0. The van der Waals surface area contributed by atoms with Gasteiger partial charge in [-0.3, -0.25) is 0 Å². The standard InChI is InChI=1S/C15H24I2O2Si/c1-4-6-10-18-20(3,19-11-7-5-2)15-12-13(16)8-9-14(15)17/h8-9,12H,4-7,10-11H2,1-3H3. The molecular weight excluding hydrogens is 494 g/mol. The molecule has 0 bridgehead atoms. The molecule has 1 aromatic rings. The monoisotopic (exact) mass is 518 g/mol. The first kappa shape index (κ1) is 18.9. The maximum atomic E-state index is 6.25. The minimum atomic E-state index is -2.29. The Bertz CT molecular complexity index is 403. The van der Waals surface area contributed by atoms with E-state index in [0.717, 1.165) is 38.9 Å². The third kappa shape index (κ3) is 5.90. The van der Waals surface area contributed by atoms with Crippen LogP contribution in [0.3, 0.4) is 0 Å². The van der Waals surface area contributed by atoms with E-state index in [0.29, 0.717) is 0 Å². The number of rotatable bonds is 9. The Balaban J connectivity index is 2.91. The Labute approximate surface area is 151 Å². The first-order valence-corrected chi connectivity index (χ1v) is 11.7. The molecular formula is C15H24I2O2Si. The van der Waals surface area contributed by atoms with E-state index in [1.807, 2.05) is 0 Å². The molecule has 0 radical (unpaired) electrons. The highest BCUT2D eigenvalue weighted by atomic mass is 127. The molecule has 0 aromatic heterocycles. The van der Waals surface area contributed by atoms with Crippen molar-refractivity contribution in [3.8, 4) is 0 Å². The number of benzene rings is 1. The van der Waals surface area contributed by atoms with Crippen molar-refractivity contribution in [3.05, 3.63) is 25.3 Å². The van der Waals surface area contributed by atoms with Crippen LogP contribution in [0, 0.1) is 7.14 Å². The highest BCUT2D eigenvalue weighted by molar-refractivity contribution is 14.1. The van der Waals surface area contributed by atoms with Gasteiger partial charge in [0.05, 0.1) is 0 Å². The van der Waals surface area contributed by atoms with Crippen molar-refractivity contribution in [3.63, 3.8) is 0 Å². The van der Waals surface area contributed by atoms with Gasteiger partial charge in [-0.1, -0.05) is 26.7 Å². The number of halogens is 2. The average molecular weight is 518 g/mol. The van der Waals surface area contributed by atoms with E-state index in [2.05, 4.69) is 83.8 Å². The second-order valence-electron chi connectivity index (χ2n) is 4.97. The molecule has 0 amide bonds. The Hall–Kier alpha value is 0.817. The maximum absolute atomic E-state index is 6.25. The van der Waals surface area contributed by atoms with Crippen LogP contribution in [-0.2, 0) is 8.85 Å². The number of hydrogen-bond acceptors (Lipinski definition) is 2. The zero-order chi connectivity index (χ0) is 15.0.